The Morgan fingerprint density at radius 2 is 2.24 bits per heavy atom. The monoisotopic (exact) mass is 243 g/mol. The molecule has 1 N–H and O–H groups in total. The lowest BCUT2D eigenvalue weighted by Crippen LogP contribution is -2.39. The van der Waals surface area contributed by atoms with Crippen LogP contribution in [0.5, 0.6) is 0 Å². The first kappa shape index (κ1) is 14.5. The third kappa shape index (κ3) is 5.50. The molecule has 0 radical (unpaired) electrons. The van der Waals surface area contributed by atoms with Crippen molar-refractivity contribution in [2.24, 2.45) is 5.92 Å². The van der Waals surface area contributed by atoms with Gasteiger partial charge in [0, 0.05) is 13.2 Å². The Morgan fingerprint density at radius 3 is 2.94 bits per heavy atom. The minimum atomic E-state index is -0.0347. The van der Waals surface area contributed by atoms with E-state index in [1.807, 2.05) is 6.92 Å². The molecule has 1 unspecified atom stereocenters. The molecule has 1 aliphatic rings. The second-order valence-corrected chi connectivity index (χ2v) is 4.68. The van der Waals surface area contributed by atoms with E-state index in [1.54, 1.807) is 0 Å². The molecule has 4 heteroatoms. The van der Waals surface area contributed by atoms with Gasteiger partial charge in [-0.2, -0.15) is 0 Å². The minimum Gasteiger partial charge on any atom is -0.466 e. The molecule has 1 heterocycles. The summed E-state index contributed by atoms with van der Waals surface area (Å²) < 4.78 is 5.07. The van der Waals surface area contributed by atoms with Crippen molar-refractivity contribution in [1.82, 2.24) is 4.90 Å². The van der Waals surface area contributed by atoms with Crippen molar-refractivity contribution in [1.29, 1.82) is 0 Å². The largest absolute Gasteiger partial charge is 0.466 e. The van der Waals surface area contributed by atoms with Gasteiger partial charge in [0.25, 0.3) is 0 Å². The van der Waals surface area contributed by atoms with Crippen LogP contribution in [0.1, 0.15) is 39.0 Å². The lowest BCUT2D eigenvalue weighted by molar-refractivity contribution is -0.149. The number of carbonyl (C=O) groups is 1. The lowest BCUT2D eigenvalue weighted by Gasteiger charge is -2.31. The molecule has 0 saturated carbocycles. The summed E-state index contributed by atoms with van der Waals surface area (Å²) >= 11 is 0. The number of hydrogen-bond acceptors (Lipinski definition) is 4. The smallest absolute Gasteiger partial charge is 0.310 e. The SMILES string of the molecule is CCOC(=O)C1CCCN(CCCCCO)C1. The van der Waals surface area contributed by atoms with Gasteiger partial charge in [-0.1, -0.05) is 0 Å². The van der Waals surface area contributed by atoms with Crippen LogP contribution >= 0.6 is 0 Å². The van der Waals surface area contributed by atoms with Crippen LogP contribution in [0, 0.1) is 5.92 Å². The van der Waals surface area contributed by atoms with E-state index in [2.05, 4.69) is 4.90 Å². The Hall–Kier alpha value is -0.610. The topological polar surface area (TPSA) is 49.8 Å². The number of piperidine rings is 1. The normalized spacial score (nSPS) is 21.4. The van der Waals surface area contributed by atoms with Gasteiger partial charge >= 0.3 is 5.97 Å². The molecule has 100 valence electrons. The van der Waals surface area contributed by atoms with Crippen LogP contribution in [0.3, 0.4) is 0 Å². The van der Waals surface area contributed by atoms with Crippen LogP contribution in [0.4, 0.5) is 0 Å². The number of aliphatic hydroxyl groups is 1. The highest BCUT2D eigenvalue weighted by Gasteiger charge is 2.26. The Kier molecular flexibility index (Phi) is 7.21. The molecule has 1 aliphatic heterocycles. The second kappa shape index (κ2) is 8.48. The van der Waals surface area contributed by atoms with Gasteiger partial charge in [-0.3, -0.25) is 4.79 Å². The van der Waals surface area contributed by atoms with Crippen LogP contribution < -0.4 is 0 Å². The van der Waals surface area contributed by atoms with Gasteiger partial charge in [0.1, 0.15) is 0 Å². The first-order valence-corrected chi connectivity index (χ1v) is 6.77. The maximum atomic E-state index is 11.6. The quantitative estimate of drug-likeness (QED) is 0.543. The first-order chi connectivity index (χ1) is 8.27. The highest BCUT2D eigenvalue weighted by Crippen LogP contribution is 2.18. The van der Waals surface area contributed by atoms with Gasteiger partial charge in [0.15, 0.2) is 0 Å². The van der Waals surface area contributed by atoms with E-state index in [4.69, 9.17) is 9.84 Å². The lowest BCUT2D eigenvalue weighted by atomic mass is 9.98. The molecule has 1 fully saturated rings. The van der Waals surface area contributed by atoms with Gasteiger partial charge in [-0.15, -0.1) is 0 Å². The van der Waals surface area contributed by atoms with E-state index in [0.29, 0.717) is 6.61 Å². The standard InChI is InChI=1S/C13H25NO3/c1-2-17-13(16)12-7-6-9-14(11-12)8-4-3-5-10-15/h12,15H,2-11H2,1H3. The summed E-state index contributed by atoms with van der Waals surface area (Å²) in [6.07, 6.45) is 5.11. The average Bonchev–Trinajstić information content (AvgIpc) is 2.35. The van der Waals surface area contributed by atoms with Crippen LogP contribution in [0.25, 0.3) is 0 Å². The summed E-state index contributed by atoms with van der Waals surface area (Å²) in [4.78, 5) is 14.0. The number of likely N-dealkylation sites (tertiary alicyclic amines) is 1. The highest BCUT2D eigenvalue weighted by molar-refractivity contribution is 5.72. The molecule has 0 aromatic heterocycles. The molecule has 1 atom stereocenters. The molecule has 4 nitrogen and oxygen atoms in total. The number of nitrogens with zero attached hydrogens (tertiary/aromatic N) is 1. The Balaban J connectivity index is 2.21. The number of unbranched alkanes of at least 4 members (excludes halogenated alkanes) is 2. The van der Waals surface area contributed by atoms with Crippen molar-refractivity contribution in [3.8, 4) is 0 Å². The number of hydrogen-bond donors (Lipinski definition) is 1. The maximum Gasteiger partial charge on any atom is 0.310 e. The summed E-state index contributed by atoms with van der Waals surface area (Å²) in [5.74, 6) is 0.0362. The summed E-state index contributed by atoms with van der Waals surface area (Å²) in [5.41, 5.74) is 0. The number of carbonyl (C=O) groups excluding carboxylic acids is 1. The maximum absolute atomic E-state index is 11.6. The zero-order valence-corrected chi connectivity index (χ0v) is 10.9. The van der Waals surface area contributed by atoms with Gasteiger partial charge in [0.2, 0.25) is 0 Å². The molecule has 0 spiro atoms. The fraction of sp³-hybridized carbons (Fsp3) is 0.923. The van der Waals surface area contributed by atoms with E-state index in [-0.39, 0.29) is 18.5 Å². The fourth-order valence-corrected chi connectivity index (χ4v) is 2.34. The zero-order chi connectivity index (χ0) is 12.5. The Bertz CT molecular complexity index is 221. The van der Waals surface area contributed by atoms with E-state index >= 15 is 0 Å². The summed E-state index contributed by atoms with van der Waals surface area (Å²) in [6, 6.07) is 0. The zero-order valence-electron chi connectivity index (χ0n) is 10.9. The van der Waals surface area contributed by atoms with Crippen LogP contribution in [0.15, 0.2) is 0 Å². The molecule has 17 heavy (non-hydrogen) atoms. The van der Waals surface area contributed by atoms with Crippen LogP contribution in [-0.2, 0) is 9.53 Å². The van der Waals surface area contributed by atoms with Crippen LogP contribution in [-0.4, -0.2) is 48.8 Å². The molecule has 0 aliphatic carbocycles. The van der Waals surface area contributed by atoms with Crippen molar-refractivity contribution in [2.45, 2.75) is 39.0 Å². The summed E-state index contributed by atoms with van der Waals surface area (Å²) in [5, 5.41) is 8.70. The second-order valence-electron chi connectivity index (χ2n) is 4.68. The predicted octanol–water partition coefficient (Wildman–Crippen LogP) is 1.42. The number of rotatable bonds is 7. The van der Waals surface area contributed by atoms with Crippen molar-refractivity contribution in [2.75, 3.05) is 32.8 Å². The van der Waals surface area contributed by atoms with Gasteiger partial charge in [-0.25, -0.2) is 0 Å². The van der Waals surface area contributed by atoms with Crippen LogP contribution in [0.2, 0.25) is 0 Å². The van der Waals surface area contributed by atoms with Crippen molar-refractivity contribution in [3.05, 3.63) is 0 Å². The molecule has 0 amide bonds. The minimum absolute atomic E-state index is 0.0347. The Morgan fingerprint density at radius 1 is 1.41 bits per heavy atom. The molecular weight excluding hydrogens is 218 g/mol. The summed E-state index contributed by atoms with van der Waals surface area (Å²) in [7, 11) is 0. The fourth-order valence-electron chi connectivity index (χ4n) is 2.34. The number of aliphatic hydroxyl groups excluding tert-OH is 1. The molecule has 0 aromatic rings. The van der Waals surface area contributed by atoms with Crippen molar-refractivity contribution < 1.29 is 14.6 Å². The molecule has 0 bridgehead atoms. The molecule has 0 aromatic carbocycles. The third-order valence-corrected chi connectivity index (χ3v) is 3.26. The molecular formula is C13H25NO3. The number of esters is 1. The third-order valence-electron chi connectivity index (χ3n) is 3.26. The predicted molar refractivity (Wildman–Crippen MR) is 66.7 cm³/mol. The van der Waals surface area contributed by atoms with Gasteiger partial charge < -0.3 is 14.7 Å². The van der Waals surface area contributed by atoms with Crippen molar-refractivity contribution in [3.63, 3.8) is 0 Å². The number of ether oxygens (including phenoxy) is 1. The van der Waals surface area contributed by atoms with Gasteiger partial charge in [0.05, 0.1) is 12.5 Å². The van der Waals surface area contributed by atoms with E-state index in [0.717, 1.165) is 51.7 Å². The molecule has 1 saturated heterocycles. The van der Waals surface area contributed by atoms with Crippen molar-refractivity contribution >= 4 is 5.97 Å². The Labute approximate surface area is 104 Å². The van der Waals surface area contributed by atoms with E-state index in [9.17, 15) is 4.79 Å². The average molecular weight is 243 g/mol. The first-order valence-electron chi connectivity index (χ1n) is 6.77. The van der Waals surface area contributed by atoms with E-state index < -0.39 is 0 Å². The summed E-state index contributed by atoms with van der Waals surface area (Å²) in [6.45, 7) is 5.59. The highest BCUT2D eigenvalue weighted by atomic mass is 16.5. The molecule has 1 rings (SSSR count). The van der Waals surface area contributed by atoms with E-state index in [1.165, 1.54) is 0 Å². The van der Waals surface area contributed by atoms with Gasteiger partial charge in [-0.05, 0) is 52.1 Å².